The molecule has 0 saturated heterocycles. The third kappa shape index (κ3) is 6.12. The molecule has 4 aromatic rings. The van der Waals surface area contributed by atoms with E-state index >= 15 is 0 Å². The molecule has 0 radical (unpaired) electrons. The molecule has 1 heterocycles. The highest BCUT2D eigenvalue weighted by Crippen LogP contribution is 2.32. The third-order valence-electron chi connectivity index (χ3n) is 5.20. The van der Waals surface area contributed by atoms with Crippen LogP contribution in [0, 0.1) is 0 Å². The summed E-state index contributed by atoms with van der Waals surface area (Å²) < 4.78 is 27.3. The predicted molar refractivity (Wildman–Crippen MR) is 134 cm³/mol. The molecule has 9 heteroatoms. The van der Waals surface area contributed by atoms with Gasteiger partial charge in [-0.1, -0.05) is 17.3 Å². The normalized spacial score (nSPS) is 10.5. The number of ether oxygens (including phenoxy) is 4. The standard InChI is InChI=1S/C27H27N3O6/c1-4-34-19-10-12-20(13-11-19)35-22-8-6-5-7-21(22)28-25(31)15-16-26-29-27(30-36-26)18-9-14-23(32-2)24(17-18)33-3/h5-14,17H,4,15-16H2,1-3H3,(H,28,31). The molecule has 0 unspecified atom stereocenters. The zero-order valence-electron chi connectivity index (χ0n) is 20.3. The monoisotopic (exact) mass is 489 g/mol. The largest absolute Gasteiger partial charge is 0.494 e. The first kappa shape index (κ1) is 24.6. The zero-order chi connectivity index (χ0) is 25.3. The third-order valence-corrected chi connectivity index (χ3v) is 5.20. The van der Waals surface area contributed by atoms with E-state index in [0.717, 1.165) is 5.75 Å². The summed E-state index contributed by atoms with van der Waals surface area (Å²) in [7, 11) is 3.13. The van der Waals surface area contributed by atoms with Crippen LogP contribution >= 0.6 is 0 Å². The van der Waals surface area contributed by atoms with Gasteiger partial charge in [-0.25, -0.2) is 0 Å². The van der Waals surface area contributed by atoms with Gasteiger partial charge in [-0.15, -0.1) is 0 Å². The number of carbonyl (C=O) groups excluding carboxylic acids is 1. The first-order chi connectivity index (χ1) is 17.6. The minimum atomic E-state index is -0.205. The Morgan fingerprint density at radius 1 is 0.917 bits per heavy atom. The Bertz CT molecular complexity index is 1300. The number of amides is 1. The molecule has 9 nitrogen and oxygen atoms in total. The van der Waals surface area contributed by atoms with Gasteiger partial charge in [0.15, 0.2) is 17.2 Å². The molecular formula is C27H27N3O6. The summed E-state index contributed by atoms with van der Waals surface area (Å²) in [5.74, 6) is 3.65. The molecule has 186 valence electrons. The average Bonchev–Trinajstić information content (AvgIpc) is 3.38. The Morgan fingerprint density at radius 3 is 2.42 bits per heavy atom. The second kappa shape index (κ2) is 11.7. The molecule has 0 fully saturated rings. The number of nitrogens with one attached hydrogen (secondary N) is 1. The van der Waals surface area contributed by atoms with Crippen molar-refractivity contribution in [2.24, 2.45) is 0 Å². The van der Waals surface area contributed by atoms with Crippen molar-refractivity contribution >= 4 is 11.6 Å². The summed E-state index contributed by atoms with van der Waals surface area (Å²) >= 11 is 0. The molecule has 0 aliphatic heterocycles. The molecule has 3 aromatic carbocycles. The topological polar surface area (TPSA) is 105 Å². The van der Waals surface area contributed by atoms with E-state index in [9.17, 15) is 4.79 Å². The van der Waals surface area contributed by atoms with Crippen molar-refractivity contribution < 1.29 is 28.3 Å². The van der Waals surface area contributed by atoms with E-state index in [1.54, 1.807) is 38.5 Å². The van der Waals surface area contributed by atoms with Crippen LogP contribution < -0.4 is 24.3 Å². The zero-order valence-corrected chi connectivity index (χ0v) is 20.3. The fourth-order valence-electron chi connectivity index (χ4n) is 3.44. The minimum Gasteiger partial charge on any atom is -0.494 e. The number of nitrogens with zero attached hydrogens (tertiary/aromatic N) is 2. The Labute approximate surface area is 209 Å². The van der Waals surface area contributed by atoms with Gasteiger partial charge < -0.3 is 28.8 Å². The van der Waals surface area contributed by atoms with Crippen molar-refractivity contribution in [3.8, 4) is 40.1 Å². The maximum absolute atomic E-state index is 12.6. The maximum Gasteiger partial charge on any atom is 0.227 e. The van der Waals surface area contributed by atoms with Crippen LogP contribution in [0.25, 0.3) is 11.4 Å². The smallest absolute Gasteiger partial charge is 0.227 e. The molecule has 0 bridgehead atoms. The summed E-state index contributed by atoms with van der Waals surface area (Å²) in [6.45, 7) is 2.52. The molecule has 36 heavy (non-hydrogen) atoms. The van der Waals surface area contributed by atoms with Crippen LogP contribution in [-0.2, 0) is 11.2 Å². The van der Waals surface area contributed by atoms with Crippen molar-refractivity contribution in [3.63, 3.8) is 0 Å². The lowest BCUT2D eigenvalue weighted by molar-refractivity contribution is -0.116. The number of para-hydroxylation sites is 2. The Hall–Kier alpha value is -4.53. The van der Waals surface area contributed by atoms with Crippen LogP contribution in [0.15, 0.2) is 71.3 Å². The minimum absolute atomic E-state index is 0.158. The molecule has 0 saturated carbocycles. The molecular weight excluding hydrogens is 462 g/mol. The summed E-state index contributed by atoms with van der Waals surface area (Å²) in [5.41, 5.74) is 1.28. The van der Waals surface area contributed by atoms with E-state index in [4.69, 9.17) is 23.5 Å². The van der Waals surface area contributed by atoms with E-state index in [1.807, 2.05) is 49.4 Å². The lowest BCUT2D eigenvalue weighted by Crippen LogP contribution is -2.13. The quantitative estimate of drug-likeness (QED) is 0.294. The van der Waals surface area contributed by atoms with Gasteiger partial charge in [0.25, 0.3) is 0 Å². The Morgan fingerprint density at radius 2 is 1.67 bits per heavy atom. The van der Waals surface area contributed by atoms with Crippen molar-refractivity contribution in [3.05, 3.63) is 72.6 Å². The van der Waals surface area contributed by atoms with Gasteiger partial charge >= 0.3 is 0 Å². The Kier molecular flexibility index (Phi) is 8.02. The number of methoxy groups -OCH3 is 2. The summed E-state index contributed by atoms with van der Waals surface area (Å²) in [4.78, 5) is 17.0. The fourth-order valence-corrected chi connectivity index (χ4v) is 3.44. The predicted octanol–water partition coefficient (Wildman–Crippen LogP) is 5.52. The summed E-state index contributed by atoms with van der Waals surface area (Å²) in [6.07, 6.45) is 0.443. The average molecular weight is 490 g/mol. The first-order valence-corrected chi connectivity index (χ1v) is 11.4. The summed E-state index contributed by atoms with van der Waals surface area (Å²) in [6, 6.07) is 19.9. The van der Waals surface area contributed by atoms with Crippen LogP contribution in [0.4, 0.5) is 5.69 Å². The van der Waals surface area contributed by atoms with Crippen LogP contribution in [0.5, 0.6) is 28.7 Å². The highest BCUT2D eigenvalue weighted by Gasteiger charge is 2.14. The van der Waals surface area contributed by atoms with Gasteiger partial charge in [0.1, 0.15) is 11.5 Å². The maximum atomic E-state index is 12.6. The molecule has 1 amide bonds. The van der Waals surface area contributed by atoms with Gasteiger partial charge in [0.2, 0.25) is 17.6 Å². The number of rotatable bonds is 11. The molecule has 4 rings (SSSR count). The van der Waals surface area contributed by atoms with Crippen LogP contribution in [-0.4, -0.2) is 36.9 Å². The number of hydrogen-bond donors (Lipinski definition) is 1. The second-order valence-corrected chi connectivity index (χ2v) is 7.63. The number of aryl methyl sites for hydroxylation is 1. The van der Waals surface area contributed by atoms with Gasteiger partial charge in [0, 0.05) is 18.4 Å². The van der Waals surface area contributed by atoms with Crippen LogP contribution in [0.3, 0.4) is 0 Å². The highest BCUT2D eigenvalue weighted by molar-refractivity contribution is 5.92. The second-order valence-electron chi connectivity index (χ2n) is 7.63. The molecule has 0 aliphatic rings. The van der Waals surface area contributed by atoms with E-state index in [-0.39, 0.29) is 18.7 Å². The number of hydrogen-bond acceptors (Lipinski definition) is 8. The summed E-state index contributed by atoms with van der Waals surface area (Å²) in [5, 5.41) is 6.90. The number of aromatic nitrogens is 2. The Balaban J connectivity index is 1.36. The number of anilines is 1. The van der Waals surface area contributed by atoms with E-state index in [0.29, 0.717) is 52.6 Å². The fraction of sp³-hybridized carbons (Fsp3) is 0.222. The molecule has 1 aromatic heterocycles. The van der Waals surface area contributed by atoms with Gasteiger partial charge in [-0.2, -0.15) is 4.98 Å². The number of carbonyl (C=O) groups is 1. The molecule has 0 aliphatic carbocycles. The van der Waals surface area contributed by atoms with E-state index < -0.39 is 0 Å². The van der Waals surface area contributed by atoms with E-state index in [1.165, 1.54) is 0 Å². The molecule has 1 N–H and O–H groups in total. The van der Waals surface area contributed by atoms with Crippen molar-refractivity contribution in [2.75, 3.05) is 26.1 Å². The van der Waals surface area contributed by atoms with Gasteiger partial charge in [-0.05, 0) is 61.5 Å². The van der Waals surface area contributed by atoms with Crippen molar-refractivity contribution in [1.29, 1.82) is 0 Å². The highest BCUT2D eigenvalue weighted by atomic mass is 16.5. The SMILES string of the molecule is CCOc1ccc(Oc2ccccc2NC(=O)CCc2nc(-c3ccc(OC)c(OC)c3)no2)cc1. The van der Waals surface area contributed by atoms with Crippen LogP contribution in [0.1, 0.15) is 19.2 Å². The van der Waals surface area contributed by atoms with Gasteiger partial charge in [0.05, 0.1) is 26.5 Å². The first-order valence-electron chi connectivity index (χ1n) is 11.4. The van der Waals surface area contributed by atoms with Crippen molar-refractivity contribution in [2.45, 2.75) is 19.8 Å². The lowest BCUT2D eigenvalue weighted by atomic mass is 10.2. The number of benzene rings is 3. The lowest BCUT2D eigenvalue weighted by Gasteiger charge is -2.12. The molecule has 0 spiro atoms. The van der Waals surface area contributed by atoms with Gasteiger partial charge in [-0.3, -0.25) is 4.79 Å². The van der Waals surface area contributed by atoms with Crippen LogP contribution in [0.2, 0.25) is 0 Å². The van der Waals surface area contributed by atoms with E-state index in [2.05, 4.69) is 15.5 Å². The van der Waals surface area contributed by atoms with Crippen molar-refractivity contribution in [1.82, 2.24) is 10.1 Å². The molecule has 0 atom stereocenters.